The number of piperazine rings is 3. The third-order valence-corrected chi connectivity index (χ3v) is 11.1. The Morgan fingerprint density at radius 2 is 1.56 bits per heavy atom. The maximum Gasteiger partial charge on any atom is 0.416 e. The SMILES string of the molecule is O=C(CN1CCN(c2nc(N3CCN(Cc4cccc(C(F)(F)F)c4)CC3)nc3c2ncn3CC(=O)N2CCNCC2)CC1)Nc1nc2ccccc2s1. The van der Waals surface area contributed by atoms with Crippen LogP contribution in [0.3, 0.4) is 0 Å². The van der Waals surface area contributed by atoms with Gasteiger partial charge in [-0.25, -0.2) is 9.97 Å². The Balaban J connectivity index is 0.967. The van der Waals surface area contributed by atoms with Gasteiger partial charge in [0.1, 0.15) is 6.54 Å². The van der Waals surface area contributed by atoms with Gasteiger partial charge in [0.25, 0.3) is 0 Å². The molecule has 3 saturated heterocycles. The summed E-state index contributed by atoms with van der Waals surface area (Å²) in [6.07, 6.45) is -2.73. The lowest BCUT2D eigenvalue weighted by Gasteiger charge is -2.37. The lowest BCUT2D eigenvalue weighted by Crippen LogP contribution is -2.49. The van der Waals surface area contributed by atoms with Gasteiger partial charge in [0.05, 0.1) is 28.7 Å². The topological polar surface area (TPSA) is 131 Å². The van der Waals surface area contributed by atoms with Gasteiger partial charge in [-0.05, 0) is 23.8 Å². The second-order valence-electron chi connectivity index (χ2n) is 13.8. The van der Waals surface area contributed by atoms with E-state index in [0.29, 0.717) is 106 Å². The van der Waals surface area contributed by atoms with Gasteiger partial charge in [0, 0.05) is 85.1 Å². The lowest BCUT2D eigenvalue weighted by atomic mass is 10.1. The summed E-state index contributed by atoms with van der Waals surface area (Å²) in [6, 6.07) is 13.3. The third-order valence-electron chi connectivity index (χ3n) is 10.1. The minimum Gasteiger partial charge on any atom is -0.352 e. The molecule has 0 atom stereocenters. The number of halogens is 3. The highest BCUT2D eigenvalue weighted by molar-refractivity contribution is 7.22. The number of alkyl halides is 3. The molecule has 3 fully saturated rings. The first kappa shape index (κ1) is 36.1. The van der Waals surface area contributed by atoms with E-state index in [4.69, 9.17) is 15.0 Å². The Morgan fingerprint density at radius 1 is 0.815 bits per heavy atom. The average Bonchev–Trinajstić information content (AvgIpc) is 3.78. The van der Waals surface area contributed by atoms with E-state index in [9.17, 15) is 22.8 Å². The van der Waals surface area contributed by atoms with Crippen molar-refractivity contribution >= 4 is 61.4 Å². The number of anilines is 3. The van der Waals surface area contributed by atoms with Crippen molar-refractivity contribution in [2.45, 2.75) is 19.3 Å². The van der Waals surface area contributed by atoms with E-state index < -0.39 is 11.7 Å². The number of hydrogen-bond acceptors (Lipinski definition) is 12. The molecule has 0 aliphatic carbocycles. The first-order valence-corrected chi connectivity index (χ1v) is 19.0. The highest BCUT2D eigenvalue weighted by Crippen LogP contribution is 2.31. The first-order chi connectivity index (χ1) is 26.2. The molecule has 3 aliphatic rings. The molecule has 0 radical (unpaired) electrons. The van der Waals surface area contributed by atoms with Crippen molar-refractivity contribution in [1.29, 1.82) is 0 Å². The van der Waals surface area contributed by atoms with Gasteiger partial charge < -0.3 is 29.9 Å². The molecule has 2 aromatic carbocycles. The zero-order valence-electron chi connectivity index (χ0n) is 29.6. The Bertz CT molecular complexity index is 2090. The molecule has 3 aliphatic heterocycles. The summed E-state index contributed by atoms with van der Waals surface area (Å²) in [5.41, 5.74) is 2.01. The fourth-order valence-electron chi connectivity index (χ4n) is 7.17. The van der Waals surface area contributed by atoms with Crippen molar-refractivity contribution in [2.24, 2.45) is 0 Å². The molecule has 14 nitrogen and oxygen atoms in total. The van der Waals surface area contributed by atoms with Crippen LogP contribution in [0, 0.1) is 0 Å². The Labute approximate surface area is 313 Å². The van der Waals surface area contributed by atoms with E-state index in [2.05, 4.69) is 35.2 Å². The number of hydrogen-bond donors (Lipinski definition) is 2. The zero-order valence-corrected chi connectivity index (χ0v) is 30.5. The minimum absolute atomic E-state index is 0.00143. The average molecular weight is 763 g/mol. The maximum atomic E-state index is 13.3. The van der Waals surface area contributed by atoms with Crippen molar-refractivity contribution < 1.29 is 22.8 Å². The van der Waals surface area contributed by atoms with Crippen molar-refractivity contribution in [3.05, 3.63) is 66.0 Å². The lowest BCUT2D eigenvalue weighted by molar-refractivity contribution is -0.137. The van der Waals surface area contributed by atoms with Gasteiger partial charge in [-0.1, -0.05) is 41.7 Å². The molecule has 2 amide bonds. The van der Waals surface area contributed by atoms with Crippen LogP contribution in [-0.2, 0) is 28.9 Å². The molecule has 18 heteroatoms. The molecule has 0 bridgehead atoms. The molecule has 54 heavy (non-hydrogen) atoms. The number of imidazole rings is 1. The molecule has 2 N–H and O–H groups in total. The number of nitrogens with one attached hydrogen (secondary N) is 2. The summed E-state index contributed by atoms with van der Waals surface area (Å²) >= 11 is 1.45. The quantitative estimate of drug-likeness (QED) is 0.230. The predicted molar refractivity (Wildman–Crippen MR) is 201 cm³/mol. The molecule has 3 aromatic heterocycles. The van der Waals surface area contributed by atoms with Crippen LogP contribution in [-0.4, -0.2) is 136 Å². The van der Waals surface area contributed by atoms with Gasteiger partial charge >= 0.3 is 6.18 Å². The molecule has 284 valence electrons. The van der Waals surface area contributed by atoms with Crippen LogP contribution in [0.2, 0.25) is 0 Å². The van der Waals surface area contributed by atoms with Crippen LogP contribution in [0.4, 0.5) is 30.1 Å². The van der Waals surface area contributed by atoms with Crippen molar-refractivity contribution in [2.75, 3.05) is 100 Å². The van der Waals surface area contributed by atoms with Crippen molar-refractivity contribution in [3.8, 4) is 0 Å². The summed E-state index contributed by atoms with van der Waals surface area (Å²) in [5.74, 6) is 1.08. The first-order valence-electron chi connectivity index (χ1n) is 18.1. The minimum atomic E-state index is -4.39. The van der Waals surface area contributed by atoms with E-state index in [1.807, 2.05) is 29.2 Å². The summed E-state index contributed by atoms with van der Waals surface area (Å²) in [6.45, 7) is 8.41. The Morgan fingerprint density at radius 3 is 2.31 bits per heavy atom. The maximum absolute atomic E-state index is 13.3. The number of benzene rings is 2. The smallest absolute Gasteiger partial charge is 0.352 e. The summed E-state index contributed by atoms with van der Waals surface area (Å²) < 4.78 is 42.8. The number of nitrogens with zero attached hydrogens (tertiary/aromatic N) is 10. The standard InChI is InChI=1S/C36H41F3N12O2S/c37-36(38,39)26-5-3-4-25(20-26)21-46-14-18-50(19-15-46)34-44-32(31-33(45-34)51(24-41-31)23-30(53)48-10-8-40-9-11-48)49-16-12-47(13-17-49)22-29(52)43-35-42-27-6-1-2-7-28(27)54-35/h1-7,20,24,40H,8-19,21-23H2,(H,42,43,52). The molecule has 6 heterocycles. The van der Waals surface area contributed by atoms with Crippen LogP contribution >= 0.6 is 11.3 Å². The molecular formula is C36H41F3N12O2S. The number of carbonyl (C=O) groups excluding carboxylic acids is 2. The van der Waals surface area contributed by atoms with E-state index in [-0.39, 0.29) is 24.9 Å². The number of thiazole rings is 1. The second kappa shape index (κ2) is 15.4. The van der Waals surface area contributed by atoms with E-state index in [1.54, 1.807) is 17.0 Å². The predicted octanol–water partition coefficient (Wildman–Crippen LogP) is 2.97. The van der Waals surface area contributed by atoms with Crippen LogP contribution in [0.15, 0.2) is 54.9 Å². The Hall–Kier alpha value is -4.91. The fraction of sp³-hybridized carbons (Fsp3) is 0.444. The molecule has 5 aromatic rings. The van der Waals surface area contributed by atoms with Crippen molar-refractivity contribution in [1.82, 2.24) is 44.5 Å². The number of fused-ring (bicyclic) bond motifs is 2. The van der Waals surface area contributed by atoms with E-state index >= 15 is 0 Å². The molecule has 0 saturated carbocycles. The number of aromatic nitrogens is 5. The van der Waals surface area contributed by atoms with Crippen molar-refractivity contribution in [3.63, 3.8) is 0 Å². The van der Waals surface area contributed by atoms with E-state index in [1.165, 1.54) is 23.5 Å². The molecular weight excluding hydrogens is 722 g/mol. The fourth-order valence-corrected chi connectivity index (χ4v) is 8.05. The highest BCUT2D eigenvalue weighted by Gasteiger charge is 2.31. The molecule has 0 unspecified atom stereocenters. The number of carbonyl (C=O) groups is 2. The van der Waals surface area contributed by atoms with Gasteiger partial charge in [-0.2, -0.15) is 23.1 Å². The number of rotatable bonds is 9. The van der Waals surface area contributed by atoms with Gasteiger partial charge in [0.2, 0.25) is 17.8 Å². The summed E-state index contributed by atoms with van der Waals surface area (Å²) in [5, 5.41) is 6.81. The van der Waals surface area contributed by atoms with Crippen LogP contribution in [0.25, 0.3) is 21.4 Å². The highest BCUT2D eigenvalue weighted by atomic mass is 32.1. The number of amides is 2. The van der Waals surface area contributed by atoms with Gasteiger partial charge in [-0.15, -0.1) is 0 Å². The zero-order chi connectivity index (χ0) is 37.2. The number of para-hydroxylation sites is 1. The van der Waals surface area contributed by atoms with E-state index in [0.717, 1.165) is 29.4 Å². The van der Waals surface area contributed by atoms with Crippen LogP contribution in [0.5, 0.6) is 0 Å². The molecule has 8 rings (SSSR count). The monoisotopic (exact) mass is 762 g/mol. The Kier molecular flexibility index (Phi) is 10.3. The molecule has 0 spiro atoms. The van der Waals surface area contributed by atoms with Gasteiger partial charge in [0.15, 0.2) is 22.1 Å². The van der Waals surface area contributed by atoms with Gasteiger partial charge in [-0.3, -0.25) is 19.4 Å². The van der Waals surface area contributed by atoms with Crippen LogP contribution < -0.4 is 20.4 Å². The normalized spacial score (nSPS) is 17.8. The van der Waals surface area contributed by atoms with Crippen LogP contribution in [0.1, 0.15) is 11.1 Å². The largest absolute Gasteiger partial charge is 0.416 e. The second-order valence-corrected chi connectivity index (χ2v) is 14.8. The third kappa shape index (κ3) is 8.11. The summed E-state index contributed by atoms with van der Waals surface area (Å²) in [7, 11) is 0. The summed E-state index contributed by atoms with van der Waals surface area (Å²) in [4.78, 5) is 55.9.